The van der Waals surface area contributed by atoms with Crippen LogP contribution in [0.15, 0.2) is 12.1 Å². The lowest BCUT2D eigenvalue weighted by Gasteiger charge is -2.23. The summed E-state index contributed by atoms with van der Waals surface area (Å²) in [4.78, 5) is 6.76. The van der Waals surface area contributed by atoms with E-state index < -0.39 is 0 Å². The van der Waals surface area contributed by atoms with Crippen LogP contribution in [0.25, 0.3) is 0 Å². The summed E-state index contributed by atoms with van der Waals surface area (Å²) in [5.74, 6) is 1.02. The number of aromatic nitrogens is 1. The van der Waals surface area contributed by atoms with Gasteiger partial charge in [-0.25, -0.2) is 4.98 Å². The van der Waals surface area contributed by atoms with Crippen molar-refractivity contribution in [2.75, 3.05) is 11.9 Å². The molecule has 0 aliphatic heterocycles. The van der Waals surface area contributed by atoms with Gasteiger partial charge in [-0.3, -0.25) is 0 Å². The van der Waals surface area contributed by atoms with Crippen molar-refractivity contribution in [2.45, 2.75) is 39.8 Å². The zero-order valence-electron chi connectivity index (χ0n) is 10.1. The predicted octanol–water partition coefficient (Wildman–Crippen LogP) is 1.95. The van der Waals surface area contributed by atoms with Gasteiger partial charge in [0.1, 0.15) is 5.82 Å². The van der Waals surface area contributed by atoms with Crippen molar-refractivity contribution < 1.29 is 0 Å². The Morgan fingerprint density at radius 1 is 1.40 bits per heavy atom. The molecular formula is C12H21N3. The quantitative estimate of drug-likeness (QED) is 0.820. The van der Waals surface area contributed by atoms with E-state index in [1.165, 1.54) is 0 Å². The predicted molar refractivity (Wildman–Crippen MR) is 65.0 cm³/mol. The molecule has 0 bridgehead atoms. The molecule has 1 aromatic rings. The molecule has 0 aliphatic rings. The van der Waals surface area contributed by atoms with E-state index in [1.807, 2.05) is 0 Å². The van der Waals surface area contributed by atoms with Crippen LogP contribution < -0.4 is 10.6 Å². The average molecular weight is 207 g/mol. The van der Waals surface area contributed by atoms with Gasteiger partial charge in [-0.1, -0.05) is 6.92 Å². The molecule has 0 saturated carbocycles. The Bertz CT molecular complexity index is 298. The van der Waals surface area contributed by atoms with Gasteiger partial charge in [0.2, 0.25) is 0 Å². The molecule has 0 radical (unpaired) electrons. The normalized spacial score (nSPS) is 10.8. The van der Waals surface area contributed by atoms with E-state index in [9.17, 15) is 0 Å². The van der Waals surface area contributed by atoms with E-state index in [-0.39, 0.29) is 0 Å². The SMILES string of the molecule is CCc1cc(CN)cc(N(C)C(C)C)n1. The Morgan fingerprint density at radius 2 is 2.07 bits per heavy atom. The molecule has 0 spiro atoms. The van der Waals surface area contributed by atoms with Crippen molar-refractivity contribution in [3.8, 4) is 0 Å². The maximum Gasteiger partial charge on any atom is 0.129 e. The van der Waals surface area contributed by atoms with Gasteiger partial charge in [0.15, 0.2) is 0 Å². The van der Waals surface area contributed by atoms with Crippen LogP contribution in [0.4, 0.5) is 5.82 Å². The van der Waals surface area contributed by atoms with Crippen LogP contribution in [0.1, 0.15) is 32.0 Å². The van der Waals surface area contributed by atoms with Gasteiger partial charge >= 0.3 is 0 Å². The molecule has 15 heavy (non-hydrogen) atoms. The van der Waals surface area contributed by atoms with Gasteiger partial charge < -0.3 is 10.6 Å². The largest absolute Gasteiger partial charge is 0.357 e. The van der Waals surface area contributed by atoms with E-state index >= 15 is 0 Å². The van der Waals surface area contributed by atoms with Crippen molar-refractivity contribution in [3.63, 3.8) is 0 Å². The topological polar surface area (TPSA) is 42.1 Å². The fraction of sp³-hybridized carbons (Fsp3) is 0.583. The molecular weight excluding hydrogens is 186 g/mol. The first-order valence-corrected chi connectivity index (χ1v) is 5.51. The maximum absolute atomic E-state index is 5.67. The lowest BCUT2D eigenvalue weighted by Crippen LogP contribution is -2.27. The molecule has 0 unspecified atom stereocenters. The maximum atomic E-state index is 5.67. The summed E-state index contributed by atoms with van der Waals surface area (Å²) < 4.78 is 0. The molecule has 1 heterocycles. The molecule has 1 rings (SSSR count). The first-order valence-electron chi connectivity index (χ1n) is 5.51. The van der Waals surface area contributed by atoms with Gasteiger partial charge in [0.25, 0.3) is 0 Å². The third-order valence-corrected chi connectivity index (χ3v) is 2.66. The van der Waals surface area contributed by atoms with E-state index in [2.05, 4.69) is 49.8 Å². The number of aryl methyl sites for hydroxylation is 1. The highest BCUT2D eigenvalue weighted by Gasteiger charge is 2.08. The van der Waals surface area contributed by atoms with E-state index in [4.69, 9.17) is 5.73 Å². The molecule has 0 atom stereocenters. The molecule has 0 aromatic carbocycles. The Morgan fingerprint density at radius 3 is 2.53 bits per heavy atom. The van der Waals surface area contributed by atoms with Gasteiger partial charge in [-0.15, -0.1) is 0 Å². The lowest BCUT2D eigenvalue weighted by molar-refractivity contribution is 0.738. The highest BCUT2D eigenvalue weighted by atomic mass is 15.2. The number of nitrogens with zero attached hydrogens (tertiary/aromatic N) is 2. The summed E-state index contributed by atoms with van der Waals surface area (Å²) in [5.41, 5.74) is 7.94. The zero-order valence-corrected chi connectivity index (χ0v) is 10.1. The summed E-state index contributed by atoms with van der Waals surface area (Å²) >= 11 is 0. The van der Waals surface area contributed by atoms with Crippen LogP contribution in [0.5, 0.6) is 0 Å². The first-order chi connectivity index (χ1) is 7.08. The number of nitrogens with two attached hydrogens (primary N) is 1. The van der Waals surface area contributed by atoms with Gasteiger partial charge in [-0.05, 0) is 38.0 Å². The molecule has 0 fully saturated rings. The van der Waals surface area contributed by atoms with Crippen molar-refractivity contribution >= 4 is 5.82 Å². The Balaban J connectivity index is 3.06. The number of rotatable bonds is 4. The molecule has 0 amide bonds. The van der Waals surface area contributed by atoms with Gasteiger partial charge in [0, 0.05) is 25.3 Å². The highest BCUT2D eigenvalue weighted by molar-refractivity contribution is 5.42. The fourth-order valence-electron chi connectivity index (χ4n) is 1.38. The standard InChI is InChI=1S/C12H21N3/c1-5-11-6-10(8-13)7-12(14-11)15(4)9(2)3/h6-7,9H,5,8,13H2,1-4H3. The van der Waals surface area contributed by atoms with Gasteiger partial charge in [0.05, 0.1) is 0 Å². The number of pyridine rings is 1. The third-order valence-electron chi connectivity index (χ3n) is 2.66. The molecule has 0 aliphatic carbocycles. The number of hydrogen-bond acceptors (Lipinski definition) is 3. The Labute approximate surface area is 92.3 Å². The van der Waals surface area contributed by atoms with Crippen LogP contribution >= 0.6 is 0 Å². The van der Waals surface area contributed by atoms with Crippen LogP contribution in [0, 0.1) is 0 Å². The highest BCUT2D eigenvalue weighted by Crippen LogP contribution is 2.16. The van der Waals surface area contributed by atoms with Gasteiger partial charge in [-0.2, -0.15) is 0 Å². The average Bonchev–Trinajstić information content (AvgIpc) is 2.27. The minimum Gasteiger partial charge on any atom is -0.357 e. The number of anilines is 1. The van der Waals surface area contributed by atoms with Crippen LogP contribution in [-0.4, -0.2) is 18.1 Å². The smallest absolute Gasteiger partial charge is 0.129 e. The first kappa shape index (κ1) is 12.0. The zero-order chi connectivity index (χ0) is 11.4. The summed E-state index contributed by atoms with van der Waals surface area (Å²) in [6.07, 6.45) is 0.951. The van der Waals surface area contributed by atoms with E-state index in [0.29, 0.717) is 12.6 Å². The molecule has 0 saturated heterocycles. The van der Waals surface area contributed by atoms with Crippen LogP contribution in [-0.2, 0) is 13.0 Å². The fourth-order valence-corrected chi connectivity index (χ4v) is 1.38. The van der Waals surface area contributed by atoms with Crippen molar-refractivity contribution in [1.82, 2.24) is 4.98 Å². The van der Waals surface area contributed by atoms with Crippen molar-refractivity contribution in [2.24, 2.45) is 5.73 Å². The van der Waals surface area contributed by atoms with Crippen LogP contribution in [0.2, 0.25) is 0 Å². The molecule has 1 aromatic heterocycles. The summed E-state index contributed by atoms with van der Waals surface area (Å²) in [5, 5.41) is 0. The second-order valence-electron chi connectivity index (χ2n) is 4.09. The van der Waals surface area contributed by atoms with E-state index in [0.717, 1.165) is 23.5 Å². The lowest BCUT2D eigenvalue weighted by atomic mass is 10.2. The summed E-state index contributed by atoms with van der Waals surface area (Å²) in [7, 11) is 2.06. The summed E-state index contributed by atoms with van der Waals surface area (Å²) in [6.45, 7) is 7.00. The molecule has 84 valence electrons. The second-order valence-corrected chi connectivity index (χ2v) is 4.09. The number of hydrogen-bond donors (Lipinski definition) is 1. The molecule has 2 N–H and O–H groups in total. The molecule has 3 nitrogen and oxygen atoms in total. The minimum atomic E-state index is 0.454. The van der Waals surface area contributed by atoms with Crippen molar-refractivity contribution in [3.05, 3.63) is 23.4 Å². The monoisotopic (exact) mass is 207 g/mol. The Kier molecular flexibility index (Phi) is 4.09. The van der Waals surface area contributed by atoms with E-state index in [1.54, 1.807) is 0 Å². The van der Waals surface area contributed by atoms with Crippen LogP contribution in [0.3, 0.4) is 0 Å². The third kappa shape index (κ3) is 2.93. The van der Waals surface area contributed by atoms with Crippen molar-refractivity contribution in [1.29, 1.82) is 0 Å². The Hall–Kier alpha value is -1.09. The summed E-state index contributed by atoms with van der Waals surface area (Å²) in [6, 6.07) is 4.60. The second kappa shape index (κ2) is 5.12. The molecule has 3 heteroatoms. The minimum absolute atomic E-state index is 0.454.